The smallest absolute Gasteiger partial charge is 0.189 e. The predicted molar refractivity (Wildman–Crippen MR) is 61.4 cm³/mol. The van der Waals surface area contributed by atoms with Crippen molar-refractivity contribution < 1.29 is 0 Å². The Balaban J connectivity index is 1.80. The number of piperazine rings is 1. The number of anilines is 1. The van der Waals surface area contributed by atoms with Crippen LogP contribution in [-0.2, 0) is 0 Å². The molecule has 0 radical (unpaired) electrons. The van der Waals surface area contributed by atoms with Crippen LogP contribution >= 0.6 is 11.8 Å². The van der Waals surface area contributed by atoms with E-state index >= 15 is 0 Å². The van der Waals surface area contributed by atoms with Gasteiger partial charge in [-0.05, 0) is 18.7 Å². The van der Waals surface area contributed by atoms with Gasteiger partial charge >= 0.3 is 0 Å². The molecule has 1 N–H and O–H groups in total. The zero-order valence-electron chi connectivity index (χ0n) is 8.68. The summed E-state index contributed by atoms with van der Waals surface area (Å²) in [6.45, 7) is 2.17. The zero-order valence-corrected chi connectivity index (χ0v) is 9.50. The van der Waals surface area contributed by atoms with Crippen molar-refractivity contribution in [2.24, 2.45) is 0 Å². The molecule has 2 unspecified atom stereocenters. The second kappa shape index (κ2) is 3.64. The number of fused-ring (bicyclic) bond motifs is 2. The second-order valence-electron chi connectivity index (χ2n) is 4.10. The van der Waals surface area contributed by atoms with Crippen LogP contribution in [0.3, 0.4) is 0 Å². The summed E-state index contributed by atoms with van der Waals surface area (Å²) in [5.41, 5.74) is 0. The van der Waals surface area contributed by atoms with Crippen LogP contribution in [0.2, 0.25) is 0 Å². The molecule has 2 atom stereocenters. The van der Waals surface area contributed by atoms with Gasteiger partial charge in [-0.25, -0.2) is 9.97 Å². The molecule has 3 aliphatic heterocycles. The first-order valence-electron chi connectivity index (χ1n) is 5.23. The number of hydrogen-bond donors (Lipinski definition) is 1. The van der Waals surface area contributed by atoms with Crippen molar-refractivity contribution in [3.05, 3.63) is 12.3 Å². The number of hydrogen-bond acceptors (Lipinski definition) is 5. The molecule has 0 saturated carbocycles. The number of thioether (sulfide) groups is 1. The summed E-state index contributed by atoms with van der Waals surface area (Å²) in [4.78, 5) is 11.1. The molecule has 0 amide bonds. The molecule has 2 bridgehead atoms. The average molecular weight is 222 g/mol. The van der Waals surface area contributed by atoms with E-state index in [1.54, 1.807) is 11.8 Å². The van der Waals surface area contributed by atoms with Crippen molar-refractivity contribution in [2.45, 2.75) is 23.7 Å². The van der Waals surface area contributed by atoms with Crippen LogP contribution in [-0.4, -0.2) is 41.4 Å². The Bertz CT molecular complexity index is 354. The molecule has 0 aromatic carbocycles. The lowest BCUT2D eigenvalue weighted by molar-refractivity contribution is 0.225. The molecule has 0 aliphatic carbocycles. The molecule has 15 heavy (non-hydrogen) atoms. The van der Waals surface area contributed by atoms with Gasteiger partial charge in [-0.3, -0.25) is 0 Å². The molecule has 3 saturated heterocycles. The Kier molecular flexibility index (Phi) is 2.29. The maximum Gasteiger partial charge on any atom is 0.189 e. The van der Waals surface area contributed by atoms with E-state index in [1.807, 2.05) is 18.5 Å². The molecule has 1 aromatic heterocycles. The van der Waals surface area contributed by atoms with E-state index in [0.29, 0.717) is 12.1 Å². The van der Waals surface area contributed by atoms with Crippen LogP contribution in [0, 0.1) is 0 Å². The van der Waals surface area contributed by atoms with E-state index in [0.717, 1.165) is 24.1 Å². The molecule has 3 aliphatic rings. The fourth-order valence-electron chi connectivity index (χ4n) is 2.31. The van der Waals surface area contributed by atoms with E-state index in [-0.39, 0.29) is 0 Å². The third-order valence-electron chi connectivity index (χ3n) is 3.05. The Morgan fingerprint density at radius 1 is 1.47 bits per heavy atom. The summed E-state index contributed by atoms with van der Waals surface area (Å²) >= 11 is 1.59. The summed E-state index contributed by atoms with van der Waals surface area (Å²) in [7, 11) is 0. The van der Waals surface area contributed by atoms with Crippen molar-refractivity contribution in [1.29, 1.82) is 0 Å². The maximum atomic E-state index is 4.52. The SMILES string of the molecule is CSc1nccc(N2CC3CC(C2)N3)n1. The van der Waals surface area contributed by atoms with Crippen molar-refractivity contribution in [3.8, 4) is 0 Å². The second-order valence-corrected chi connectivity index (χ2v) is 4.88. The minimum Gasteiger partial charge on any atom is -0.353 e. The number of rotatable bonds is 2. The number of aromatic nitrogens is 2. The van der Waals surface area contributed by atoms with E-state index < -0.39 is 0 Å². The average Bonchev–Trinajstić information content (AvgIpc) is 2.28. The van der Waals surface area contributed by atoms with Crippen LogP contribution in [0.4, 0.5) is 5.82 Å². The van der Waals surface area contributed by atoms with Gasteiger partial charge in [-0.2, -0.15) is 0 Å². The molecule has 4 rings (SSSR count). The first-order valence-corrected chi connectivity index (χ1v) is 6.45. The Morgan fingerprint density at radius 3 is 2.87 bits per heavy atom. The van der Waals surface area contributed by atoms with Gasteiger partial charge < -0.3 is 10.2 Å². The molecular weight excluding hydrogens is 208 g/mol. The van der Waals surface area contributed by atoms with Crippen LogP contribution in [0.15, 0.2) is 17.4 Å². The summed E-state index contributed by atoms with van der Waals surface area (Å²) in [6, 6.07) is 3.36. The van der Waals surface area contributed by atoms with Crippen LogP contribution in [0.25, 0.3) is 0 Å². The molecule has 1 aromatic rings. The fraction of sp³-hybridized carbons (Fsp3) is 0.600. The minimum atomic E-state index is 0.677. The summed E-state index contributed by atoms with van der Waals surface area (Å²) < 4.78 is 0. The van der Waals surface area contributed by atoms with Gasteiger partial charge in [0.25, 0.3) is 0 Å². The predicted octanol–water partition coefficient (Wildman–Crippen LogP) is 0.749. The number of piperidine rings is 1. The van der Waals surface area contributed by atoms with Crippen molar-refractivity contribution in [1.82, 2.24) is 15.3 Å². The normalized spacial score (nSPS) is 28.7. The van der Waals surface area contributed by atoms with Crippen LogP contribution < -0.4 is 10.2 Å². The number of nitrogens with one attached hydrogen (secondary N) is 1. The van der Waals surface area contributed by atoms with Gasteiger partial charge in [-0.15, -0.1) is 0 Å². The lowest BCUT2D eigenvalue weighted by Gasteiger charge is -2.48. The van der Waals surface area contributed by atoms with Gasteiger partial charge in [0.05, 0.1) is 0 Å². The zero-order chi connectivity index (χ0) is 10.3. The Morgan fingerprint density at radius 2 is 2.20 bits per heavy atom. The third-order valence-corrected chi connectivity index (χ3v) is 3.61. The van der Waals surface area contributed by atoms with Crippen LogP contribution in [0.1, 0.15) is 6.42 Å². The van der Waals surface area contributed by atoms with Gasteiger partial charge in [0, 0.05) is 31.4 Å². The fourth-order valence-corrected chi connectivity index (χ4v) is 2.66. The van der Waals surface area contributed by atoms with E-state index in [9.17, 15) is 0 Å². The molecular formula is C10H14N4S. The molecule has 3 fully saturated rings. The maximum absolute atomic E-state index is 4.52. The first-order chi connectivity index (χ1) is 7.35. The summed E-state index contributed by atoms with van der Waals surface area (Å²) in [5.74, 6) is 1.07. The van der Waals surface area contributed by atoms with E-state index in [4.69, 9.17) is 0 Å². The molecule has 4 heterocycles. The lowest BCUT2D eigenvalue weighted by Crippen LogP contribution is -2.67. The summed E-state index contributed by atoms with van der Waals surface area (Å²) in [5, 5.41) is 4.38. The van der Waals surface area contributed by atoms with Gasteiger partial charge in [-0.1, -0.05) is 11.8 Å². The molecule has 80 valence electrons. The highest BCUT2D eigenvalue weighted by molar-refractivity contribution is 7.98. The standard InChI is InChI=1S/C10H14N4S/c1-15-10-11-3-2-9(13-10)14-5-7-4-8(6-14)12-7/h2-3,7-8,12H,4-6H2,1H3. The first kappa shape index (κ1) is 9.42. The summed E-state index contributed by atoms with van der Waals surface area (Å²) in [6.07, 6.45) is 5.19. The van der Waals surface area contributed by atoms with Gasteiger partial charge in [0.15, 0.2) is 5.16 Å². The number of nitrogens with zero attached hydrogens (tertiary/aromatic N) is 3. The van der Waals surface area contributed by atoms with Crippen molar-refractivity contribution in [3.63, 3.8) is 0 Å². The van der Waals surface area contributed by atoms with Gasteiger partial charge in [0.1, 0.15) is 5.82 Å². The quantitative estimate of drug-likeness (QED) is 0.590. The van der Waals surface area contributed by atoms with E-state index in [1.165, 1.54) is 6.42 Å². The Hall–Kier alpha value is -0.810. The minimum absolute atomic E-state index is 0.677. The molecule has 5 heteroatoms. The monoisotopic (exact) mass is 222 g/mol. The van der Waals surface area contributed by atoms with E-state index in [2.05, 4.69) is 20.2 Å². The highest BCUT2D eigenvalue weighted by Crippen LogP contribution is 2.25. The largest absolute Gasteiger partial charge is 0.353 e. The molecule has 0 spiro atoms. The van der Waals surface area contributed by atoms with Crippen LogP contribution in [0.5, 0.6) is 0 Å². The van der Waals surface area contributed by atoms with Gasteiger partial charge in [0.2, 0.25) is 0 Å². The highest BCUT2D eigenvalue weighted by Gasteiger charge is 2.36. The molecule has 4 nitrogen and oxygen atoms in total. The van der Waals surface area contributed by atoms with Crippen molar-refractivity contribution >= 4 is 17.6 Å². The Labute approximate surface area is 93.5 Å². The highest BCUT2D eigenvalue weighted by atomic mass is 32.2. The topological polar surface area (TPSA) is 41.1 Å². The lowest BCUT2D eigenvalue weighted by atomic mass is 9.91. The van der Waals surface area contributed by atoms with Crippen molar-refractivity contribution in [2.75, 3.05) is 24.2 Å². The third kappa shape index (κ3) is 1.70.